The molecular formula is C7H12N4S. The Balaban J connectivity index is 2.69. The largest absolute Gasteiger partial charge is 0.355 e. The van der Waals surface area contributed by atoms with Gasteiger partial charge in [-0.1, -0.05) is 0 Å². The predicted molar refractivity (Wildman–Crippen MR) is 53.7 cm³/mol. The monoisotopic (exact) mass is 184 g/mol. The van der Waals surface area contributed by atoms with Gasteiger partial charge >= 0.3 is 0 Å². The standard InChI is InChI=1S/C7H12N4S/c1-10(2)7(12)11-5-3-4-9-6(11)8/h3-6H,8H2,1-2H3. The first-order valence-corrected chi connectivity index (χ1v) is 3.99. The number of hydrogen-bond acceptors (Lipinski definition) is 3. The van der Waals surface area contributed by atoms with Crippen molar-refractivity contribution in [1.82, 2.24) is 9.80 Å². The smallest absolute Gasteiger partial charge is 0.179 e. The second-order valence-electron chi connectivity index (χ2n) is 2.64. The first kappa shape index (κ1) is 9.15. The van der Waals surface area contributed by atoms with Crippen LogP contribution in [0.5, 0.6) is 0 Å². The molecule has 0 aromatic carbocycles. The van der Waals surface area contributed by atoms with Gasteiger partial charge in [-0.15, -0.1) is 0 Å². The summed E-state index contributed by atoms with van der Waals surface area (Å²) in [5.41, 5.74) is 5.68. The SMILES string of the molecule is CN(C)C(=S)N1C=CC=NC1N. The van der Waals surface area contributed by atoms with Gasteiger partial charge < -0.3 is 4.90 Å². The highest BCUT2D eigenvalue weighted by Crippen LogP contribution is 2.04. The number of rotatable bonds is 0. The molecule has 1 unspecified atom stereocenters. The highest BCUT2D eigenvalue weighted by molar-refractivity contribution is 7.80. The van der Waals surface area contributed by atoms with Crippen molar-refractivity contribution in [3.63, 3.8) is 0 Å². The van der Waals surface area contributed by atoms with E-state index < -0.39 is 0 Å². The Kier molecular flexibility index (Phi) is 2.78. The lowest BCUT2D eigenvalue weighted by Gasteiger charge is -2.29. The minimum absolute atomic E-state index is 0.384. The molecule has 0 amide bonds. The summed E-state index contributed by atoms with van der Waals surface area (Å²) < 4.78 is 0. The fourth-order valence-corrected chi connectivity index (χ4v) is 1.01. The van der Waals surface area contributed by atoms with E-state index in [-0.39, 0.29) is 6.29 Å². The number of allylic oxidation sites excluding steroid dienone is 1. The van der Waals surface area contributed by atoms with Crippen LogP contribution in [0, 0.1) is 0 Å². The Labute approximate surface area is 77.3 Å². The van der Waals surface area contributed by atoms with E-state index in [4.69, 9.17) is 18.0 Å². The summed E-state index contributed by atoms with van der Waals surface area (Å²) in [4.78, 5) is 7.54. The number of thiocarbonyl (C=S) groups is 1. The summed E-state index contributed by atoms with van der Waals surface area (Å²) in [6, 6.07) is 0. The lowest BCUT2D eigenvalue weighted by Crippen LogP contribution is -2.46. The molecule has 0 saturated carbocycles. The van der Waals surface area contributed by atoms with Crippen LogP contribution in [-0.2, 0) is 0 Å². The maximum absolute atomic E-state index is 5.68. The highest BCUT2D eigenvalue weighted by atomic mass is 32.1. The molecule has 1 heterocycles. The fraction of sp³-hybridized carbons (Fsp3) is 0.429. The van der Waals surface area contributed by atoms with Gasteiger partial charge in [0, 0.05) is 26.5 Å². The first-order valence-electron chi connectivity index (χ1n) is 3.58. The van der Waals surface area contributed by atoms with Crippen LogP contribution in [0.25, 0.3) is 0 Å². The third-order valence-corrected chi connectivity index (χ3v) is 2.04. The van der Waals surface area contributed by atoms with E-state index in [1.165, 1.54) is 0 Å². The van der Waals surface area contributed by atoms with Crippen molar-refractivity contribution in [3.8, 4) is 0 Å². The van der Waals surface area contributed by atoms with E-state index >= 15 is 0 Å². The van der Waals surface area contributed by atoms with Gasteiger partial charge in [-0.3, -0.25) is 15.6 Å². The maximum atomic E-state index is 5.68. The van der Waals surface area contributed by atoms with Crippen LogP contribution in [0.1, 0.15) is 0 Å². The fourth-order valence-electron chi connectivity index (χ4n) is 0.837. The predicted octanol–water partition coefficient (Wildman–Crippen LogP) is -0.0247. The molecule has 0 aliphatic carbocycles. The van der Waals surface area contributed by atoms with Gasteiger partial charge in [0.25, 0.3) is 0 Å². The molecule has 0 spiro atoms. The number of nitrogens with zero attached hydrogens (tertiary/aromatic N) is 3. The lowest BCUT2D eigenvalue weighted by molar-refractivity contribution is 0.382. The first-order chi connectivity index (χ1) is 5.63. The molecule has 0 bridgehead atoms. The van der Waals surface area contributed by atoms with Crippen molar-refractivity contribution in [2.24, 2.45) is 10.7 Å². The normalized spacial score (nSPS) is 21.2. The molecule has 1 aliphatic heterocycles. The molecule has 0 aromatic rings. The molecule has 0 fully saturated rings. The van der Waals surface area contributed by atoms with Crippen molar-refractivity contribution < 1.29 is 0 Å². The van der Waals surface area contributed by atoms with Crippen molar-refractivity contribution in [3.05, 3.63) is 12.3 Å². The molecule has 1 aliphatic rings. The van der Waals surface area contributed by atoms with Gasteiger partial charge in [-0.25, -0.2) is 0 Å². The maximum Gasteiger partial charge on any atom is 0.179 e. The van der Waals surface area contributed by atoms with E-state index in [1.54, 1.807) is 17.2 Å². The van der Waals surface area contributed by atoms with Gasteiger partial charge in [0.2, 0.25) is 0 Å². The van der Waals surface area contributed by atoms with Gasteiger partial charge in [0.1, 0.15) is 0 Å². The Morgan fingerprint density at radius 2 is 2.33 bits per heavy atom. The van der Waals surface area contributed by atoms with Crippen molar-refractivity contribution >= 4 is 23.5 Å². The zero-order valence-corrected chi connectivity index (χ0v) is 7.95. The summed E-state index contributed by atoms with van der Waals surface area (Å²) in [5.74, 6) is 0. The van der Waals surface area contributed by atoms with E-state index in [0.29, 0.717) is 5.11 Å². The van der Waals surface area contributed by atoms with Gasteiger partial charge in [-0.2, -0.15) is 0 Å². The van der Waals surface area contributed by atoms with Gasteiger partial charge in [0.05, 0.1) is 0 Å². The lowest BCUT2D eigenvalue weighted by atomic mass is 10.5. The molecule has 0 radical (unpaired) electrons. The number of aliphatic imine (C=N–C) groups is 1. The number of hydrogen-bond donors (Lipinski definition) is 1. The molecule has 12 heavy (non-hydrogen) atoms. The quantitative estimate of drug-likeness (QED) is 0.537. The zero-order valence-electron chi connectivity index (χ0n) is 7.14. The highest BCUT2D eigenvalue weighted by Gasteiger charge is 2.16. The van der Waals surface area contributed by atoms with Gasteiger partial charge in [-0.05, 0) is 18.3 Å². The Bertz CT molecular complexity index is 234. The summed E-state index contributed by atoms with van der Waals surface area (Å²) in [6.45, 7) is 0. The van der Waals surface area contributed by atoms with Crippen LogP contribution < -0.4 is 5.73 Å². The third-order valence-electron chi connectivity index (χ3n) is 1.46. The van der Waals surface area contributed by atoms with Crippen molar-refractivity contribution in [1.29, 1.82) is 0 Å². The van der Waals surface area contributed by atoms with Crippen LogP contribution in [0.3, 0.4) is 0 Å². The van der Waals surface area contributed by atoms with E-state index in [2.05, 4.69) is 4.99 Å². The van der Waals surface area contributed by atoms with E-state index in [0.717, 1.165) is 0 Å². The molecule has 5 heteroatoms. The second kappa shape index (κ2) is 3.64. The van der Waals surface area contributed by atoms with Crippen molar-refractivity contribution in [2.75, 3.05) is 14.1 Å². The van der Waals surface area contributed by atoms with Crippen molar-refractivity contribution in [2.45, 2.75) is 6.29 Å². The molecular weight excluding hydrogens is 172 g/mol. The summed E-state index contributed by atoms with van der Waals surface area (Å²) in [5, 5.41) is 0.663. The second-order valence-corrected chi connectivity index (χ2v) is 3.00. The van der Waals surface area contributed by atoms with Crippen LogP contribution in [-0.4, -0.2) is 41.5 Å². The Morgan fingerprint density at radius 1 is 1.67 bits per heavy atom. The van der Waals surface area contributed by atoms with Crippen LogP contribution in [0.4, 0.5) is 0 Å². The molecule has 66 valence electrons. The van der Waals surface area contributed by atoms with Crippen LogP contribution in [0.2, 0.25) is 0 Å². The summed E-state index contributed by atoms with van der Waals surface area (Å²) >= 11 is 5.12. The van der Waals surface area contributed by atoms with Crippen LogP contribution in [0.15, 0.2) is 17.3 Å². The van der Waals surface area contributed by atoms with Gasteiger partial charge in [0.15, 0.2) is 11.4 Å². The molecule has 4 nitrogen and oxygen atoms in total. The third kappa shape index (κ3) is 1.80. The number of nitrogens with two attached hydrogens (primary N) is 1. The molecule has 0 aromatic heterocycles. The van der Waals surface area contributed by atoms with Crippen LogP contribution >= 0.6 is 12.2 Å². The average molecular weight is 184 g/mol. The minimum atomic E-state index is -0.384. The average Bonchev–Trinajstić information content (AvgIpc) is 2.04. The minimum Gasteiger partial charge on any atom is -0.355 e. The molecule has 0 saturated heterocycles. The molecule has 1 atom stereocenters. The molecule has 1 rings (SSSR count). The summed E-state index contributed by atoms with van der Waals surface area (Å²) in [6.07, 6.45) is 4.91. The zero-order chi connectivity index (χ0) is 9.14. The Morgan fingerprint density at radius 3 is 2.83 bits per heavy atom. The Hall–Kier alpha value is -0.940. The molecule has 2 N–H and O–H groups in total. The van der Waals surface area contributed by atoms with E-state index in [9.17, 15) is 0 Å². The van der Waals surface area contributed by atoms with E-state index in [1.807, 2.05) is 25.2 Å². The summed E-state index contributed by atoms with van der Waals surface area (Å²) in [7, 11) is 3.75. The topological polar surface area (TPSA) is 44.9 Å².